The van der Waals surface area contributed by atoms with Crippen LogP contribution in [0.5, 0.6) is 0 Å². The van der Waals surface area contributed by atoms with E-state index in [1.54, 1.807) is 6.92 Å². The number of nitrogens with two attached hydrogens (primary N) is 1. The second-order valence-corrected chi connectivity index (χ2v) is 12.2. The molecule has 7 nitrogen and oxygen atoms in total. The Morgan fingerprint density at radius 2 is 1.55 bits per heavy atom. The van der Waals surface area contributed by atoms with Crippen molar-refractivity contribution < 1.29 is 18.9 Å². The van der Waals surface area contributed by atoms with E-state index >= 15 is 0 Å². The van der Waals surface area contributed by atoms with Crippen molar-refractivity contribution in [1.29, 1.82) is 0 Å². The van der Waals surface area contributed by atoms with Crippen molar-refractivity contribution >= 4 is 18.9 Å². The van der Waals surface area contributed by atoms with Gasteiger partial charge in [0.05, 0.1) is 23.7 Å². The molecule has 2 aromatic rings. The van der Waals surface area contributed by atoms with E-state index in [-0.39, 0.29) is 28.9 Å². The van der Waals surface area contributed by atoms with Gasteiger partial charge in [0.1, 0.15) is 6.04 Å². The van der Waals surface area contributed by atoms with Gasteiger partial charge in [-0.05, 0) is 61.5 Å². The minimum Gasteiger partial charge on any atom is -0.404 e. The fourth-order valence-corrected chi connectivity index (χ4v) is 6.80. The van der Waals surface area contributed by atoms with Crippen LogP contribution in [0.3, 0.4) is 0 Å². The Morgan fingerprint density at radius 1 is 0.947 bits per heavy atom. The molecule has 4 N–H and O–H groups in total. The second kappa shape index (κ2) is 10.5. The first-order chi connectivity index (χ1) is 18.1. The van der Waals surface area contributed by atoms with Gasteiger partial charge in [-0.2, -0.15) is 0 Å². The molecular weight excluding hydrogens is 477 g/mol. The molecule has 3 saturated carbocycles. The Hall–Kier alpha value is -2.68. The molecule has 4 fully saturated rings. The number of carbonyl (C=O) groups excluding carboxylic acids is 2. The Balaban J connectivity index is 1.37. The summed E-state index contributed by atoms with van der Waals surface area (Å²) in [5.41, 5.74) is 7.69. The average molecular weight is 517 g/mol. The zero-order chi connectivity index (χ0) is 27.1. The number of rotatable bonds is 9. The molecule has 2 bridgehead atoms. The molecule has 202 valence electrons. The summed E-state index contributed by atoms with van der Waals surface area (Å²) >= 11 is 0. The van der Waals surface area contributed by atoms with Crippen molar-refractivity contribution in [3.8, 4) is 0 Å². The first-order valence-electron chi connectivity index (χ1n) is 13.9. The van der Waals surface area contributed by atoms with Crippen LogP contribution in [0.15, 0.2) is 60.7 Å². The third-order valence-electron chi connectivity index (χ3n) is 9.25. The van der Waals surface area contributed by atoms with Crippen molar-refractivity contribution in [2.24, 2.45) is 23.0 Å². The molecule has 6 rings (SSSR count). The van der Waals surface area contributed by atoms with Gasteiger partial charge in [-0.3, -0.25) is 9.59 Å². The minimum atomic E-state index is -0.778. The van der Waals surface area contributed by atoms with Crippen LogP contribution in [0.1, 0.15) is 51.7 Å². The van der Waals surface area contributed by atoms with E-state index in [0.717, 1.165) is 24.0 Å². The van der Waals surface area contributed by atoms with Crippen molar-refractivity contribution in [3.05, 3.63) is 71.8 Å². The number of hydrogen-bond acceptors (Lipinski definition) is 5. The third-order valence-corrected chi connectivity index (χ3v) is 9.25. The first-order valence-corrected chi connectivity index (χ1v) is 13.9. The molecule has 1 heterocycles. The summed E-state index contributed by atoms with van der Waals surface area (Å²) in [7, 11) is -0.578. The SMILES string of the molecule is C[C@H](N)C(=O)N[C@@H](Cc1ccccc1)C(=O)N[C@@H](Cc1ccccc1)B1O[C@@H]2C[C@@H]3C[C@@H](C3(C)C)[C@]2(C)O1. The van der Waals surface area contributed by atoms with Crippen LogP contribution in [0.4, 0.5) is 0 Å². The molecular formula is C30H40BN3O4. The summed E-state index contributed by atoms with van der Waals surface area (Å²) in [4.78, 5) is 26.3. The predicted molar refractivity (Wildman–Crippen MR) is 148 cm³/mol. The molecule has 0 unspecified atom stereocenters. The molecule has 7 atom stereocenters. The Morgan fingerprint density at radius 3 is 2.13 bits per heavy atom. The molecule has 0 aromatic heterocycles. The molecule has 38 heavy (non-hydrogen) atoms. The molecule has 4 aliphatic rings. The Kier molecular flexibility index (Phi) is 7.42. The van der Waals surface area contributed by atoms with Crippen LogP contribution in [0.2, 0.25) is 0 Å². The Labute approximate surface area is 226 Å². The third kappa shape index (κ3) is 5.14. The molecule has 1 saturated heterocycles. The predicted octanol–water partition coefficient (Wildman–Crippen LogP) is 3.06. The molecule has 3 aliphatic carbocycles. The zero-order valence-electron chi connectivity index (χ0n) is 22.9. The fourth-order valence-electron chi connectivity index (χ4n) is 6.80. The topological polar surface area (TPSA) is 103 Å². The molecule has 2 amide bonds. The van der Waals surface area contributed by atoms with Crippen LogP contribution < -0.4 is 16.4 Å². The highest BCUT2D eigenvalue weighted by molar-refractivity contribution is 6.48. The van der Waals surface area contributed by atoms with E-state index in [9.17, 15) is 9.59 Å². The van der Waals surface area contributed by atoms with Crippen LogP contribution >= 0.6 is 0 Å². The maximum atomic E-state index is 13.8. The van der Waals surface area contributed by atoms with Gasteiger partial charge in [-0.1, -0.05) is 74.5 Å². The fraction of sp³-hybridized carbons (Fsp3) is 0.533. The lowest BCUT2D eigenvalue weighted by Crippen LogP contribution is -2.65. The van der Waals surface area contributed by atoms with Crippen molar-refractivity contribution in [2.45, 2.75) is 83.1 Å². The summed E-state index contributed by atoms with van der Waals surface area (Å²) in [5.74, 6) is 0.000127. The van der Waals surface area contributed by atoms with Gasteiger partial charge in [0.25, 0.3) is 0 Å². The highest BCUT2D eigenvalue weighted by Crippen LogP contribution is 2.65. The molecule has 1 aliphatic heterocycles. The summed E-state index contributed by atoms with van der Waals surface area (Å²) in [6, 6.07) is 18.2. The summed E-state index contributed by atoms with van der Waals surface area (Å²) < 4.78 is 13.3. The number of amides is 2. The monoisotopic (exact) mass is 517 g/mol. The van der Waals surface area contributed by atoms with E-state index in [1.165, 1.54) is 0 Å². The molecule has 0 radical (unpaired) electrons. The summed E-state index contributed by atoms with van der Waals surface area (Å²) in [5, 5.41) is 6.05. The lowest BCUT2D eigenvalue weighted by Gasteiger charge is -2.64. The van der Waals surface area contributed by atoms with Crippen molar-refractivity contribution in [2.75, 3.05) is 0 Å². The van der Waals surface area contributed by atoms with E-state index in [1.807, 2.05) is 60.7 Å². The second-order valence-electron chi connectivity index (χ2n) is 12.2. The van der Waals surface area contributed by atoms with Crippen LogP contribution in [-0.2, 0) is 31.7 Å². The summed E-state index contributed by atoms with van der Waals surface area (Å²) in [6.45, 7) is 8.47. The zero-order valence-corrected chi connectivity index (χ0v) is 22.9. The van der Waals surface area contributed by atoms with Gasteiger partial charge < -0.3 is 25.7 Å². The lowest BCUT2D eigenvalue weighted by molar-refractivity contribution is -0.199. The highest BCUT2D eigenvalue weighted by atomic mass is 16.7. The first kappa shape index (κ1) is 26.9. The van der Waals surface area contributed by atoms with Crippen LogP contribution in [0.25, 0.3) is 0 Å². The highest BCUT2D eigenvalue weighted by Gasteiger charge is 2.68. The number of hydrogen-bond donors (Lipinski definition) is 3. The standard InChI is InChI=1S/C30H40BN3O4/c1-19(32)27(35)33-23(15-20-11-7-5-8-12-20)28(36)34-26(16-21-13-9-6-10-14-21)31-37-25-18-22-17-24(29(22,2)3)30(25,4)38-31/h5-14,19,22-26H,15-18,32H2,1-4H3,(H,33,35)(H,34,36)/t19-,22-,23-,24-,25+,26-,30-/m0/s1. The maximum absolute atomic E-state index is 13.8. The largest absolute Gasteiger partial charge is 0.482 e. The van der Waals surface area contributed by atoms with Crippen LogP contribution in [0, 0.1) is 17.3 Å². The molecule has 0 spiro atoms. The number of benzene rings is 2. The van der Waals surface area contributed by atoms with Crippen molar-refractivity contribution in [1.82, 2.24) is 10.6 Å². The van der Waals surface area contributed by atoms with Gasteiger partial charge in [-0.25, -0.2) is 0 Å². The smallest absolute Gasteiger partial charge is 0.404 e. The molecule has 8 heteroatoms. The van der Waals surface area contributed by atoms with E-state index < -0.39 is 25.1 Å². The number of nitrogens with one attached hydrogen (secondary N) is 2. The van der Waals surface area contributed by atoms with Gasteiger partial charge in [0.15, 0.2) is 0 Å². The summed E-state index contributed by atoms with van der Waals surface area (Å²) in [6.07, 6.45) is 3.06. The lowest BCUT2D eigenvalue weighted by atomic mass is 9.43. The van der Waals surface area contributed by atoms with Crippen molar-refractivity contribution in [3.63, 3.8) is 0 Å². The van der Waals surface area contributed by atoms with E-state index in [2.05, 4.69) is 31.4 Å². The minimum absolute atomic E-state index is 0.0114. The normalized spacial score (nSPS) is 29.4. The Bertz CT molecular complexity index is 1140. The quantitative estimate of drug-likeness (QED) is 0.444. The van der Waals surface area contributed by atoms with Gasteiger partial charge in [-0.15, -0.1) is 0 Å². The molecule has 2 aromatic carbocycles. The van der Waals surface area contributed by atoms with Gasteiger partial charge >= 0.3 is 7.12 Å². The van der Waals surface area contributed by atoms with Gasteiger partial charge in [0.2, 0.25) is 11.8 Å². The van der Waals surface area contributed by atoms with Crippen LogP contribution in [-0.4, -0.2) is 48.7 Å². The van der Waals surface area contributed by atoms with E-state index in [0.29, 0.717) is 24.7 Å². The van der Waals surface area contributed by atoms with E-state index in [4.69, 9.17) is 15.0 Å². The average Bonchev–Trinajstić information content (AvgIpc) is 3.26. The number of carbonyl (C=O) groups is 2. The maximum Gasteiger partial charge on any atom is 0.482 e. The van der Waals surface area contributed by atoms with Gasteiger partial charge in [0, 0.05) is 6.42 Å².